The lowest BCUT2D eigenvalue weighted by molar-refractivity contribution is -0.121. The molecular weight excluding hydrogens is 196 g/mol. The topological polar surface area (TPSA) is 79.8 Å². The molecule has 0 unspecified atom stereocenters. The first kappa shape index (κ1) is 11.0. The molecule has 0 aromatic carbocycles. The fourth-order valence-electron chi connectivity index (χ4n) is 1.10. The van der Waals surface area contributed by atoms with E-state index in [1.165, 1.54) is 9.13 Å². The summed E-state index contributed by atoms with van der Waals surface area (Å²) in [7, 11) is 1.62. The minimum absolute atomic E-state index is 0.00883. The number of carbonyl (C=O) groups is 1. The van der Waals surface area contributed by atoms with Gasteiger partial charge in [-0.05, 0) is 0 Å². The third-order valence-corrected chi connectivity index (χ3v) is 1.89. The molecule has 0 fully saturated rings. The largest absolute Gasteiger partial charge is 0.354 e. The average Bonchev–Trinajstić information content (AvgIpc) is 2.50. The zero-order valence-electron chi connectivity index (χ0n) is 8.43. The lowest BCUT2D eigenvalue weighted by Crippen LogP contribution is -2.32. The Kier molecular flexibility index (Phi) is 3.68. The van der Waals surface area contributed by atoms with Crippen LogP contribution in [0.2, 0.25) is 0 Å². The van der Waals surface area contributed by atoms with E-state index in [1.807, 2.05) is 6.07 Å². The van der Waals surface area contributed by atoms with Crippen LogP contribution in [0.4, 0.5) is 0 Å². The Labute approximate surface area is 86.7 Å². The maximum atomic E-state index is 11.3. The second kappa shape index (κ2) is 5.00. The maximum absolute atomic E-state index is 11.3. The number of nitriles is 1. The molecule has 0 atom stereocenters. The Hall–Kier alpha value is -2.03. The molecule has 80 valence electrons. The molecule has 0 aliphatic heterocycles. The van der Waals surface area contributed by atoms with Crippen LogP contribution >= 0.6 is 0 Å². The molecule has 0 aliphatic rings. The van der Waals surface area contributed by atoms with Gasteiger partial charge in [0.15, 0.2) is 0 Å². The molecule has 1 N–H and O–H groups in total. The molecule has 1 aromatic rings. The molecule has 6 nitrogen and oxygen atoms in total. The zero-order valence-corrected chi connectivity index (χ0v) is 8.43. The standard InChI is InChI=1S/C9H12N4O2/c1-12-5-6-13(9(12)15)7-8(14)11-4-2-3-10/h5-6H,2,4,7H2,1H3,(H,11,14). The Morgan fingerprint density at radius 3 is 2.87 bits per heavy atom. The molecule has 0 aliphatic carbocycles. The van der Waals surface area contributed by atoms with Crippen LogP contribution in [0.3, 0.4) is 0 Å². The zero-order chi connectivity index (χ0) is 11.3. The smallest absolute Gasteiger partial charge is 0.328 e. The van der Waals surface area contributed by atoms with E-state index in [0.29, 0.717) is 6.54 Å². The van der Waals surface area contributed by atoms with Crippen LogP contribution in [-0.4, -0.2) is 21.6 Å². The van der Waals surface area contributed by atoms with Crippen molar-refractivity contribution >= 4 is 5.91 Å². The second-order valence-corrected chi connectivity index (χ2v) is 3.08. The first-order chi connectivity index (χ1) is 7.15. The molecule has 0 saturated heterocycles. The summed E-state index contributed by atoms with van der Waals surface area (Å²) in [5.74, 6) is -0.265. The van der Waals surface area contributed by atoms with Crippen LogP contribution in [0.15, 0.2) is 17.2 Å². The Morgan fingerprint density at radius 1 is 1.60 bits per heavy atom. The molecule has 1 amide bonds. The van der Waals surface area contributed by atoms with Gasteiger partial charge in [0, 0.05) is 26.0 Å². The van der Waals surface area contributed by atoms with Gasteiger partial charge in [0.05, 0.1) is 12.5 Å². The van der Waals surface area contributed by atoms with Gasteiger partial charge in [0.25, 0.3) is 0 Å². The van der Waals surface area contributed by atoms with Crippen LogP contribution in [0.25, 0.3) is 0 Å². The summed E-state index contributed by atoms with van der Waals surface area (Å²) >= 11 is 0. The molecule has 1 aromatic heterocycles. The highest BCUT2D eigenvalue weighted by Gasteiger charge is 2.05. The Balaban J connectivity index is 2.49. The molecule has 1 heterocycles. The number of nitrogens with one attached hydrogen (secondary N) is 1. The van der Waals surface area contributed by atoms with Gasteiger partial charge >= 0.3 is 5.69 Å². The summed E-state index contributed by atoms with van der Waals surface area (Å²) in [6.07, 6.45) is 3.41. The quantitative estimate of drug-likeness (QED) is 0.659. The van der Waals surface area contributed by atoms with E-state index in [-0.39, 0.29) is 24.6 Å². The van der Waals surface area contributed by atoms with E-state index >= 15 is 0 Å². The van der Waals surface area contributed by atoms with Crippen molar-refractivity contribution in [2.75, 3.05) is 6.54 Å². The van der Waals surface area contributed by atoms with Crippen molar-refractivity contribution < 1.29 is 4.79 Å². The first-order valence-electron chi connectivity index (χ1n) is 4.50. The fraction of sp³-hybridized carbons (Fsp3) is 0.444. The van der Waals surface area contributed by atoms with Crippen molar-refractivity contribution in [3.63, 3.8) is 0 Å². The molecule has 0 bridgehead atoms. The summed E-state index contributed by atoms with van der Waals surface area (Å²) in [6, 6.07) is 1.92. The second-order valence-electron chi connectivity index (χ2n) is 3.08. The van der Waals surface area contributed by atoms with Gasteiger partial charge in [-0.1, -0.05) is 0 Å². The fourth-order valence-corrected chi connectivity index (χ4v) is 1.10. The molecular formula is C9H12N4O2. The SMILES string of the molecule is Cn1ccn(CC(=O)NCCC#N)c1=O. The molecule has 6 heteroatoms. The highest BCUT2D eigenvalue weighted by molar-refractivity contribution is 5.75. The van der Waals surface area contributed by atoms with Crippen LogP contribution in [-0.2, 0) is 18.4 Å². The van der Waals surface area contributed by atoms with E-state index in [0.717, 1.165) is 0 Å². The van der Waals surface area contributed by atoms with E-state index in [4.69, 9.17) is 5.26 Å². The highest BCUT2D eigenvalue weighted by atomic mass is 16.2. The molecule has 0 saturated carbocycles. The van der Waals surface area contributed by atoms with Gasteiger partial charge in [-0.3, -0.25) is 9.36 Å². The number of amides is 1. The lowest BCUT2D eigenvalue weighted by atomic mass is 10.4. The van der Waals surface area contributed by atoms with E-state index in [2.05, 4.69) is 5.32 Å². The summed E-state index contributed by atoms with van der Waals surface area (Å²) in [6.45, 7) is 0.308. The van der Waals surface area contributed by atoms with Crippen LogP contribution in [0.5, 0.6) is 0 Å². The van der Waals surface area contributed by atoms with Crippen molar-refractivity contribution in [1.29, 1.82) is 5.26 Å². The average molecular weight is 208 g/mol. The number of hydrogen-bond acceptors (Lipinski definition) is 3. The minimum Gasteiger partial charge on any atom is -0.354 e. The molecule has 0 radical (unpaired) electrons. The predicted molar refractivity (Wildman–Crippen MR) is 52.9 cm³/mol. The Bertz CT molecular complexity index is 438. The number of carbonyl (C=O) groups excluding carboxylic acids is 1. The van der Waals surface area contributed by atoms with Gasteiger partial charge in [0.2, 0.25) is 5.91 Å². The summed E-state index contributed by atoms with van der Waals surface area (Å²) in [5.41, 5.74) is -0.231. The number of rotatable bonds is 4. The minimum atomic E-state index is -0.265. The monoisotopic (exact) mass is 208 g/mol. The highest BCUT2D eigenvalue weighted by Crippen LogP contribution is 1.83. The third kappa shape index (κ3) is 2.98. The lowest BCUT2D eigenvalue weighted by Gasteiger charge is -2.02. The van der Waals surface area contributed by atoms with Gasteiger partial charge in [-0.15, -0.1) is 0 Å². The third-order valence-electron chi connectivity index (χ3n) is 1.89. The van der Waals surface area contributed by atoms with Crippen molar-refractivity contribution in [2.24, 2.45) is 7.05 Å². The number of nitrogens with zero attached hydrogens (tertiary/aromatic N) is 3. The van der Waals surface area contributed by atoms with Crippen molar-refractivity contribution in [3.8, 4) is 6.07 Å². The number of aromatic nitrogens is 2. The van der Waals surface area contributed by atoms with Gasteiger partial charge < -0.3 is 9.88 Å². The maximum Gasteiger partial charge on any atom is 0.328 e. The van der Waals surface area contributed by atoms with Crippen LogP contribution in [0.1, 0.15) is 6.42 Å². The summed E-state index contributed by atoms with van der Waals surface area (Å²) in [4.78, 5) is 22.6. The number of hydrogen-bond donors (Lipinski definition) is 1. The Morgan fingerprint density at radius 2 is 2.33 bits per heavy atom. The van der Waals surface area contributed by atoms with Crippen LogP contribution < -0.4 is 11.0 Å². The molecule has 15 heavy (non-hydrogen) atoms. The van der Waals surface area contributed by atoms with Crippen molar-refractivity contribution in [1.82, 2.24) is 14.5 Å². The van der Waals surface area contributed by atoms with Gasteiger partial charge in [-0.25, -0.2) is 4.79 Å². The van der Waals surface area contributed by atoms with E-state index in [9.17, 15) is 9.59 Å². The normalized spacial score (nSPS) is 9.60. The summed E-state index contributed by atoms with van der Waals surface area (Å²) in [5, 5.41) is 10.8. The van der Waals surface area contributed by atoms with Gasteiger partial charge in [0.1, 0.15) is 6.54 Å². The first-order valence-corrected chi connectivity index (χ1v) is 4.50. The predicted octanol–water partition coefficient (Wildman–Crippen LogP) is -0.783. The van der Waals surface area contributed by atoms with Crippen molar-refractivity contribution in [2.45, 2.75) is 13.0 Å². The van der Waals surface area contributed by atoms with E-state index in [1.54, 1.807) is 19.4 Å². The molecule has 1 rings (SSSR count). The molecule has 0 spiro atoms. The van der Waals surface area contributed by atoms with E-state index < -0.39 is 0 Å². The van der Waals surface area contributed by atoms with Gasteiger partial charge in [-0.2, -0.15) is 5.26 Å². The number of imidazole rings is 1. The van der Waals surface area contributed by atoms with Crippen LogP contribution in [0, 0.1) is 11.3 Å². The number of aryl methyl sites for hydroxylation is 1. The van der Waals surface area contributed by atoms with Crippen molar-refractivity contribution in [3.05, 3.63) is 22.9 Å². The summed E-state index contributed by atoms with van der Waals surface area (Å²) < 4.78 is 2.70.